The summed E-state index contributed by atoms with van der Waals surface area (Å²) in [6, 6.07) is 4.22. The van der Waals surface area contributed by atoms with Crippen LogP contribution in [0.2, 0.25) is 0 Å². The first kappa shape index (κ1) is 35.1. The highest BCUT2D eigenvalue weighted by Crippen LogP contribution is 2.29. The van der Waals surface area contributed by atoms with Crippen molar-refractivity contribution in [2.75, 3.05) is 13.2 Å². The van der Waals surface area contributed by atoms with Crippen LogP contribution < -0.4 is 5.32 Å². The molecule has 1 aliphatic carbocycles. The number of aryl methyl sites for hydroxylation is 2. The Hall–Kier alpha value is -1.90. The van der Waals surface area contributed by atoms with Gasteiger partial charge in [0, 0.05) is 24.2 Å². The molecule has 2 aromatic rings. The predicted molar refractivity (Wildman–Crippen MR) is 163 cm³/mol. The molecular formula is C32H54N2O2S. The van der Waals surface area contributed by atoms with Crippen LogP contribution in [0.5, 0.6) is 0 Å². The summed E-state index contributed by atoms with van der Waals surface area (Å²) in [6.45, 7) is 16.4. The van der Waals surface area contributed by atoms with Gasteiger partial charge in [-0.05, 0) is 80.4 Å². The second kappa shape index (κ2) is 21.1. The predicted octanol–water partition coefficient (Wildman–Crippen LogP) is 8.45. The van der Waals surface area contributed by atoms with Gasteiger partial charge in [-0.2, -0.15) is 0 Å². The summed E-state index contributed by atoms with van der Waals surface area (Å²) in [5.41, 5.74) is 2.61. The number of unbranched alkanes of at least 4 members (excludes halogenated alkanes) is 1. The molecule has 2 N–H and O–H groups in total. The van der Waals surface area contributed by atoms with Gasteiger partial charge in [0.15, 0.2) is 0 Å². The topological polar surface area (TPSA) is 62.2 Å². The summed E-state index contributed by atoms with van der Waals surface area (Å²) < 4.78 is 0. The Morgan fingerprint density at radius 1 is 1.03 bits per heavy atom. The minimum atomic E-state index is 0.0411. The van der Waals surface area contributed by atoms with Gasteiger partial charge in [0.1, 0.15) is 4.83 Å². The highest BCUT2D eigenvalue weighted by molar-refractivity contribution is 7.20. The number of hydrogen-bond donors (Lipinski definition) is 2. The maximum absolute atomic E-state index is 12.1. The number of fused-ring (bicyclic) bond motifs is 2. The van der Waals surface area contributed by atoms with Gasteiger partial charge >= 0.3 is 0 Å². The van der Waals surface area contributed by atoms with E-state index >= 15 is 0 Å². The van der Waals surface area contributed by atoms with Gasteiger partial charge in [-0.25, -0.2) is 4.98 Å². The van der Waals surface area contributed by atoms with E-state index in [1.165, 1.54) is 61.1 Å². The first-order valence-electron chi connectivity index (χ1n) is 14.4. The molecule has 5 heteroatoms. The Bertz CT molecular complexity index is 840. The molecule has 0 aromatic carbocycles. The lowest BCUT2D eigenvalue weighted by Gasteiger charge is -2.13. The number of aliphatic hydroxyl groups excluding tert-OH is 1. The number of carbonyl (C=O) groups excluding carboxylic acids is 1. The number of nitrogens with one attached hydrogen (secondary N) is 1. The van der Waals surface area contributed by atoms with Gasteiger partial charge in [0.25, 0.3) is 5.91 Å². The fraction of sp³-hybridized carbons (Fsp3) is 0.688. The maximum Gasteiger partial charge on any atom is 0.261 e. The second-order valence-corrected chi connectivity index (χ2v) is 12.0. The molecule has 0 saturated heterocycles. The molecule has 1 unspecified atom stereocenters. The van der Waals surface area contributed by atoms with Crippen LogP contribution in [0.4, 0.5) is 0 Å². The Morgan fingerprint density at radius 3 is 2.24 bits per heavy atom. The maximum atomic E-state index is 12.1. The molecule has 2 aromatic heterocycles. The van der Waals surface area contributed by atoms with Crippen LogP contribution in [0.25, 0.3) is 10.2 Å². The average molecular weight is 531 g/mol. The lowest BCUT2D eigenvalue weighted by atomic mass is 9.95. The zero-order chi connectivity index (χ0) is 28.2. The van der Waals surface area contributed by atoms with Crippen LogP contribution in [-0.4, -0.2) is 29.1 Å². The molecule has 0 bridgehead atoms. The normalized spacial score (nSPS) is 12.9. The van der Waals surface area contributed by atoms with Crippen molar-refractivity contribution in [2.24, 2.45) is 17.8 Å². The second-order valence-electron chi connectivity index (χ2n) is 11.0. The van der Waals surface area contributed by atoms with Crippen LogP contribution in [0.15, 0.2) is 12.1 Å². The van der Waals surface area contributed by atoms with Gasteiger partial charge in [-0.1, -0.05) is 67.7 Å². The summed E-state index contributed by atoms with van der Waals surface area (Å²) in [6.07, 6.45) is 19.7. The minimum Gasteiger partial charge on any atom is -0.396 e. The minimum absolute atomic E-state index is 0.0411. The highest BCUT2D eigenvalue weighted by Gasteiger charge is 2.15. The fourth-order valence-electron chi connectivity index (χ4n) is 3.97. The summed E-state index contributed by atoms with van der Waals surface area (Å²) in [5.74, 6) is 2.21. The molecule has 4 nitrogen and oxygen atoms in total. The van der Waals surface area contributed by atoms with E-state index in [1.807, 2.05) is 6.07 Å². The number of hydrogen-bond acceptors (Lipinski definition) is 4. The molecule has 1 amide bonds. The van der Waals surface area contributed by atoms with Crippen molar-refractivity contribution in [1.82, 2.24) is 10.3 Å². The van der Waals surface area contributed by atoms with Gasteiger partial charge in [-0.3, -0.25) is 4.79 Å². The molecule has 1 aliphatic rings. The van der Waals surface area contributed by atoms with Crippen molar-refractivity contribution >= 4 is 27.5 Å². The van der Waals surface area contributed by atoms with Crippen LogP contribution in [0.3, 0.4) is 0 Å². The molecule has 2 heterocycles. The van der Waals surface area contributed by atoms with Crippen LogP contribution in [0, 0.1) is 30.6 Å². The Balaban J connectivity index is 0.000000647. The number of aliphatic hydroxyl groups is 1. The molecule has 0 spiro atoms. The summed E-state index contributed by atoms with van der Waals surface area (Å²) in [7, 11) is 0. The van der Waals surface area contributed by atoms with Crippen molar-refractivity contribution in [3.8, 4) is 12.8 Å². The first-order chi connectivity index (χ1) is 17.7. The van der Waals surface area contributed by atoms with Gasteiger partial charge in [0.05, 0.1) is 4.88 Å². The van der Waals surface area contributed by atoms with Crippen molar-refractivity contribution in [2.45, 2.75) is 113 Å². The summed E-state index contributed by atoms with van der Waals surface area (Å²) in [5, 5.41) is 13.1. The Kier molecular flexibility index (Phi) is 20.0. The number of carbonyl (C=O) groups is 1. The van der Waals surface area contributed by atoms with E-state index in [2.05, 4.69) is 72.7 Å². The molecule has 0 radical (unpaired) electrons. The molecule has 3 rings (SSSR count). The number of pyridine rings is 1. The van der Waals surface area contributed by atoms with Gasteiger partial charge in [0.2, 0.25) is 0 Å². The van der Waals surface area contributed by atoms with E-state index in [-0.39, 0.29) is 5.91 Å². The van der Waals surface area contributed by atoms with E-state index < -0.39 is 0 Å². The van der Waals surface area contributed by atoms with Crippen LogP contribution in [0.1, 0.15) is 121 Å². The molecular weight excluding hydrogens is 476 g/mol. The van der Waals surface area contributed by atoms with Gasteiger partial charge in [-0.15, -0.1) is 24.2 Å². The largest absolute Gasteiger partial charge is 0.396 e. The van der Waals surface area contributed by atoms with Crippen molar-refractivity contribution in [1.29, 1.82) is 0 Å². The number of nitrogens with zero attached hydrogens (tertiary/aromatic N) is 1. The van der Waals surface area contributed by atoms with Crippen LogP contribution >= 0.6 is 11.3 Å². The zero-order valence-electron chi connectivity index (χ0n) is 24.7. The quantitative estimate of drug-likeness (QED) is 0.239. The van der Waals surface area contributed by atoms with Crippen molar-refractivity contribution < 1.29 is 9.90 Å². The standard InChI is InChI=1S/C16H20N2OS.C10H22O.C4H10.C2H2/c1-2-3-8-17-15(19)14-10-12-9-11-6-4-5-7-13(11)18-16(12)20-14;1-4-5-10(8-11)7-6-9(2)3;1-4(2)3;1-2/h9-10H,2-8H2,1H3,(H,17,19);9-11H,4-8H2,1-3H3;4H,1-3H3;1-2H. The highest BCUT2D eigenvalue weighted by atomic mass is 32.1. The number of aromatic nitrogens is 1. The summed E-state index contributed by atoms with van der Waals surface area (Å²) in [4.78, 5) is 18.6. The van der Waals surface area contributed by atoms with Gasteiger partial charge < -0.3 is 10.4 Å². The number of thiophene rings is 1. The first-order valence-corrected chi connectivity index (χ1v) is 15.2. The average Bonchev–Trinajstić information content (AvgIpc) is 3.29. The van der Waals surface area contributed by atoms with Crippen LogP contribution in [-0.2, 0) is 12.8 Å². The van der Waals surface area contributed by atoms with E-state index in [9.17, 15) is 4.79 Å². The third-order valence-electron chi connectivity index (χ3n) is 5.93. The molecule has 1 atom stereocenters. The zero-order valence-corrected chi connectivity index (χ0v) is 25.6. The third kappa shape index (κ3) is 15.2. The molecule has 37 heavy (non-hydrogen) atoms. The number of amides is 1. The van der Waals surface area contributed by atoms with Crippen molar-refractivity contribution in [3.63, 3.8) is 0 Å². The third-order valence-corrected chi connectivity index (χ3v) is 6.98. The van der Waals surface area contributed by atoms with E-state index in [4.69, 9.17) is 10.1 Å². The van der Waals surface area contributed by atoms with E-state index in [1.54, 1.807) is 0 Å². The molecule has 0 aliphatic heterocycles. The molecule has 210 valence electrons. The number of rotatable bonds is 10. The van der Waals surface area contributed by atoms with Crippen molar-refractivity contribution in [3.05, 3.63) is 28.3 Å². The molecule has 0 saturated carbocycles. The lowest BCUT2D eigenvalue weighted by molar-refractivity contribution is 0.0957. The Morgan fingerprint density at radius 2 is 1.68 bits per heavy atom. The fourth-order valence-corrected chi connectivity index (χ4v) is 4.93. The van der Waals surface area contributed by atoms with E-state index in [0.29, 0.717) is 12.5 Å². The SMILES string of the molecule is C#C.CC(C)C.CCCC(CO)CCC(C)C.CCCCNC(=O)c1cc2cc3c(nc2s1)CCCC3. The monoisotopic (exact) mass is 530 g/mol. The Labute approximate surface area is 232 Å². The lowest BCUT2D eigenvalue weighted by Crippen LogP contribution is -2.23. The molecule has 0 fully saturated rings. The van der Waals surface area contributed by atoms with E-state index in [0.717, 1.165) is 59.2 Å². The summed E-state index contributed by atoms with van der Waals surface area (Å²) >= 11 is 1.51. The number of terminal acetylenes is 1. The smallest absolute Gasteiger partial charge is 0.261 e.